The van der Waals surface area contributed by atoms with Gasteiger partial charge in [0, 0.05) is 46.4 Å². The van der Waals surface area contributed by atoms with Crippen molar-refractivity contribution in [2.24, 2.45) is 0 Å². The third kappa shape index (κ3) is 5.87. The van der Waals surface area contributed by atoms with Crippen LogP contribution in [0.15, 0.2) is 86.2 Å². The minimum atomic E-state index is -2.53. The molecule has 0 bridgehead atoms. The molecule has 3 nitrogen and oxygen atoms in total. The normalized spacial score (nSPS) is 14.4. The Balaban J connectivity index is 0.000000315. The van der Waals surface area contributed by atoms with Crippen LogP contribution in [0.5, 0.6) is 0 Å². The van der Waals surface area contributed by atoms with Crippen LogP contribution in [-0.4, -0.2) is 15.0 Å². The van der Waals surface area contributed by atoms with E-state index in [0.717, 1.165) is 34.7 Å². The number of aromatic nitrogens is 3. The molecule has 0 N–H and O–H groups in total. The quantitative estimate of drug-likeness (QED) is 0.144. The molecule has 0 fully saturated rings. The fourth-order valence-electron chi connectivity index (χ4n) is 3.13. The van der Waals surface area contributed by atoms with Crippen molar-refractivity contribution in [3.8, 4) is 11.3 Å². The van der Waals surface area contributed by atoms with Crippen LogP contribution in [0.2, 0.25) is 0 Å². The molecule has 0 amide bonds. The summed E-state index contributed by atoms with van der Waals surface area (Å²) in [5, 5.41) is 1.57. The monoisotopic (exact) mass is 648 g/mol. The van der Waals surface area contributed by atoms with Gasteiger partial charge in [0.15, 0.2) is 0 Å². The first-order chi connectivity index (χ1) is 19.3. The van der Waals surface area contributed by atoms with Crippen LogP contribution in [-0.2, 0) is 20.1 Å². The largest absolute Gasteiger partial charge is 0.321 e. The SMILES string of the molecule is C=CC[CH-]C(=C)c1ccccn1.[2H]c1c(C([2H])([2H])[2H])cnc(-c2[c-]ccc3c2sc2nc(C([2H])([2H])[2H])ccc23)c1[2H].[Ir]. The number of nitrogens with zero attached hydrogens (tertiary/aromatic N) is 3. The molecule has 5 heteroatoms. The van der Waals surface area contributed by atoms with Crippen molar-refractivity contribution >= 4 is 37.2 Å². The molecule has 0 atom stereocenters. The molecule has 0 spiro atoms. The maximum Gasteiger partial charge on any atom is 0.113 e. The summed E-state index contributed by atoms with van der Waals surface area (Å²) in [5.41, 5.74) is 2.21. The summed E-state index contributed by atoms with van der Waals surface area (Å²) in [6.07, 6.45) is 7.56. The fraction of sp³-hybridized carbons (Fsp3) is 0.103. The van der Waals surface area contributed by atoms with Crippen molar-refractivity contribution in [1.29, 1.82) is 0 Å². The summed E-state index contributed by atoms with van der Waals surface area (Å²) in [5.74, 6) is 0. The van der Waals surface area contributed by atoms with E-state index < -0.39 is 19.7 Å². The van der Waals surface area contributed by atoms with Gasteiger partial charge in [0.05, 0.1) is 2.74 Å². The van der Waals surface area contributed by atoms with Gasteiger partial charge >= 0.3 is 0 Å². The van der Waals surface area contributed by atoms with E-state index in [9.17, 15) is 0 Å². The predicted octanol–water partition coefficient (Wildman–Crippen LogP) is 7.80. The van der Waals surface area contributed by atoms with Crippen molar-refractivity contribution in [1.82, 2.24) is 15.0 Å². The summed E-state index contributed by atoms with van der Waals surface area (Å²) in [6.45, 7) is 2.68. The van der Waals surface area contributed by atoms with Crippen LogP contribution >= 0.6 is 11.3 Å². The van der Waals surface area contributed by atoms with E-state index in [1.54, 1.807) is 18.3 Å². The second-order valence-corrected chi connectivity index (χ2v) is 7.99. The van der Waals surface area contributed by atoms with Crippen molar-refractivity contribution < 1.29 is 31.1 Å². The Bertz CT molecular complexity index is 1730. The number of fused-ring (bicyclic) bond motifs is 3. The number of hydrogen-bond donors (Lipinski definition) is 0. The molecule has 34 heavy (non-hydrogen) atoms. The van der Waals surface area contributed by atoms with E-state index in [-0.39, 0.29) is 43.1 Å². The first-order valence-electron chi connectivity index (χ1n) is 14.1. The Morgan fingerprint density at radius 1 is 1.18 bits per heavy atom. The van der Waals surface area contributed by atoms with E-state index in [1.807, 2.05) is 36.8 Å². The van der Waals surface area contributed by atoms with Crippen LogP contribution in [0, 0.1) is 26.2 Å². The average molecular weight is 648 g/mol. The molecule has 0 unspecified atom stereocenters. The Labute approximate surface area is 229 Å². The molecule has 0 saturated heterocycles. The number of pyridine rings is 3. The van der Waals surface area contributed by atoms with Crippen molar-refractivity contribution in [3.05, 3.63) is 116 Å². The molecule has 173 valence electrons. The molecule has 5 rings (SSSR count). The smallest absolute Gasteiger partial charge is 0.113 e. The van der Waals surface area contributed by atoms with Crippen LogP contribution in [0.1, 0.15) is 34.3 Å². The van der Waals surface area contributed by atoms with Gasteiger partial charge in [0.25, 0.3) is 0 Å². The number of rotatable bonds is 5. The molecule has 1 aromatic carbocycles. The molecule has 1 radical (unpaired) electrons. The minimum Gasteiger partial charge on any atom is -0.321 e. The van der Waals surface area contributed by atoms with Crippen LogP contribution in [0.4, 0.5) is 0 Å². The van der Waals surface area contributed by atoms with Gasteiger partial charge in [-0.15, -0.1) is 30.3 Å². The number of aryl methyl sites for hydroxylation is 2. The van der Waals surface area contributed by atoms with Crippen molar-refractivity contribution in [2.75, 3.05) is 0 Å². The third-order valence-corrected chi connectivity index (χ3v) is 5.83. The molecule has 0 aliphatic carbocycles. The fourth-order valence-corrected chi connectivity index (χ4v) is 4.30. The molecule has 0 saturated carbocycles. The predicted molar refractivity (Wildman–Crippen MR) is 141 cm³/mol. The Kier molecular flexibility index (Phi) is 5.75. The molecule has 0 aliphatic heterocycles. The zero-order valence-electron chi connectivity index (χ0n) is 26.1. The molecular weight excluding hydrogens is 615 g/mol. The first-order valence-corrected chi connectivity index (χ1v) is 10.9. The summed E-state index contributed by atoms with van der Waals surface area (Å²) >= 11 is 1.25. The number of allylic oxidation sites excluding steroid dienone is 2. The standard InChI is InChI=1S/C18H13N2S.C11H12N.Ir/c1-11-6-9-16(19-10-11)15-5-3-4-13-14-8-7-12(2)20-18(14)21-17(13)15;1-3-4-7-10(2)11-8-5-6-9-12-11;/h3-4,6-10H,1-2H3;3,5-9H,1-2,4H2;/q2*-1;/i1D3,2D3,6D,9D;;. The van der Waals surface area contributed by atoms with E-state index in [1.165, 1.54) is 17.4 Å². The number of hydrogen-bond acceptors (Lipinski definition) is 4. The van der Waals surface area contributed by atoms with Gasteiger partial charge in [-0.2, -0.15) is 29.9 Å². The number of benzene rings is 1. The Morgan fingerprint density at radius 2 is 2.09 bits per heavy atom. The second kappa shape index (κ2) is 11.8. The molecular formula is C29H25IrN3S-2. The van der Waals surface area contributed by atoms with Gasteiger partial charge in [0.2, 0.25) is 0 Å². The second-order valence-electron chi connectivity index (χ2n) is 6.99. The van der Waals surface area contributed by atoms with Crippen LogP contribution in [0.3, 0.4) is 0 Å². The maximum atomic E-state index is 8.27. The van der Waals surface area contributed by atoms with Gasteiger partial charge in [-0.3, -0.25) is 0 Å². The molecule has 4 heterocycles. The maximum absolute atomic E-state index is 8.27. The summed E-state index contributed by atoms with van der Waals surface area (Å²) in [4.78, 5) is 13.1. The van der Waals surface area contributed by atoms with E-state index in [4.69, 9.17) is 11.0 Å². The molecule has 5 aromatic rings. The topological polar surface area (TPSA) is 38.7 Å². The Hall–Kier alpha value is -3.11. The van der Waals surface area contributed by atoms with Crippen molar-refractivity contribution in [2.45, 2.75) is 20.1 Å². The van der Waals surface area contributed by atoms with Crippen LogP contribution < -0.4 is 0 Å². The molecule has 0 aliphatic rings. The summed E-state index contributed by atoms with van der Waals surface area (Å²) in [6, 6.07) is 14.8. The van der Waals surface area contributed by atoms with E-state index in [0.29, 0.717) is 15.1 Å². The van der Waals surface area contributed by atoms with Gasteiger partial charge < -0.3 is 9.97 Å². The zero-order chi connectivity index (χ0) is 29.9. The average Bonchev–Trinajstić information content (AvgIpc) is 3.31. The summed E-state index contributed by atoms with van der Waals surface area (Å²) < 4.78 is 62.2. The van der Waals surface area contributed by atoms with Gasteiger partial charge in [-0.05, 0) is 52.9 Å². The van der Waals surface area contributed by atoms with Gasteiger partial charge in [-0.25, -0.2) is 4.98 Å². The molecule has 4 aromatic heterocycles. The van der Waals surface area contributed by atoms with E-state index in [2.05, 4.69) is 34.2 Å². The zero-order valence-corrected chi connectivity index (χ0v) is 21.3. The third-order valence-electron chi connectivity index (χ3n) is 4.70. The Morgan fingerprint density at radius 3 is 2.85 bits per heavy atom. The minimum absolute atomic E-state index is 0. The first kappa shape index (κ1) is 16.5. The van der Waals surface area contributed by atoms with Gasteiger partial charge in [0.1, 0.15) is 4.83 Å². The van der Waals surface area contributed by atoms with Gasteiger partial charge in [-0.1, -0.05) is 48.2 Å². The van der Waals surface area contributed by atoms with Crippen molar-refractivity contribution in [3.63, 3.8) is 0 Å². The summed E-state index contributed by atoms with van der Waals surface area (Å²) in [7, 11) is 0. The van der Waals surface area contributed by atoms with E-state index >= 15 is 0 Å². The number of thiophene rings is 1. The van der Waals surface area contributed by atoms with Crippen LogP contribution in [0.25, 0.3) is 37.1 Å².